The Morgan fingerprint density at radius 2 is 1.52 bits per heavy atom. The molecule has 0 bridgehead atoms. The van der Waals surface area contributed by atoms with Gasteiger partial charge in [0.1, 0.15) is 23.4 Å². The maximum absolute atomic E-state index is 14.7. The van der Waals surface area contributed by atoms with Crippen LogP contribution in [0, 0.1) is 20.8 Å². The highest BCUT2D eigenvalue weighted by molar-refractivity contribution is 6.34. The number of benzene rings is 3. The van der Waals surface area contributed by atoms with Gasteiger partial charge in [-0.3, -0.25) is 9.59 Å². The maximum atomic E-state index is 14.7. The molecule has 0 heterocycles. The third kappa shape index (κ3) is 9.23. The third-order valence-electron chi connectivity index (χ3n) is 7.25. The van der Waals surface area contributed by atoms with Crippen LogP contribution >= 0.6 is 11.6 Å². The topological polar surface area (TPSA) is 108 Å². The molecule has 0 fully saturated rings. The molecule has 3 amide bonds. The Bertz CT molecular complexity index is 1430. The quantitative estimate of drug-likeness (QED) is 0.207. The van der Waals surface area contributed by atoms with Gasteiger partial charge in [-0.2, -0.15) is 0 Å². The van der Waals surface area contributed by atoms with Crippen molar-refractivity contribution >= 4 is 35.2 Å². The molecular weight excluding hydrogens is 578 g/mol. The number of carbonyl (C=O) groups excluding carboxylic acids is 3. The lowest BCUT2D eigenvalue weighted by Gasteiger charge is -2.36. The molecule has 3 aromatic rings. The van der Waals surface area contributed by atoms with Crippen molar-refractivity contribution in [3.8, 4) is 5.75 Å². The van der Waals surface area contributed by atoms with E-state index in [1.165, 1.54) is 12.1 Å². The number of aryl methyl sites for hydroxylation is 3. The van der Waals surface area contributed by atoms with Gasteiger partial charge in [0.2, 0.25) is 5.91 Å². The standard InChI is InChI=1S/C35H44ClN3O5/c1-8-9-20-39(33(42)28(37-34(43)44-35(5,6)7)21-25-16-18-26(40)19-17-25)31(29-22(2)12-10-13-23(29)3)32(41)38-30-24(4)14-11-15-27(30)36/h10-19,28,31,40H,8-9,20-21H2,1-7H3,(H,37,43)(H,38,41). The minimum Gasteiger partial charge on any atom is -0.508 e. The lowest BCUT2D eigenvalue weighted by Crippen LogP contribution is -2.53. The largest absolute Gasteiger partial charge is 0.508 e. The second-order valence-corrected chi connectivity index (χ2v) is 12.5. The van der Waals surface area contributed by atoms with E-state index in [1.54, 1.807) is 43.9 Å². The van der Waals surface area contributed by atoms with Crippen LogP contribution < -0.4 is 10.6 Å². The molecule has 0 aromatic heterocycles. The van der Waals surface area contributed by atoms with Crippen LogP contribution in [0.15, 0.2) is 60.7 Å². The van der Waals surface area contributed by atoms with Crippen LogP contribution in [0.1, 0.15) is 74.4 Å². The van der Waals surface area contributed by atoms with E-state index in [0.717, 1.165) is 23.1 Å². The van der Waals surface area contributed by atoms with E-state index in [1.807, 2.05) is 58.0 Å². The molecule has 8 nitrogen and oxygen atoms in total. The second kappa shape index (κ2) is 15.1. The first-order valence-electron chi connectivity index (χ1n) is 14.9. The van der Waals surface area contributed by atoms with Crippen molar-refractivity contribution in [2.24, 2.45) is 0 Å². The maximum Gasteiger partial charge on any atom is 0.408 e. The van der Waals surface area contributed by atoms with E-state index in [0.29, 0.717) is 28.3 Å². The molecule has 3 aromatic carbocycles. The van der Waals surface area contributed by atoms with Crippen molar-refractivity contribution in [1.29, 1.82) is 0 Å². The van der Waals surface area contributed by atoms with Crippen molar-refractivity contribution in [2.75, 3.05) is 11.9 Å². The van der Waals surface area contributed by atoms with Crippen LogP contribution in [0.2, 0.25) is 5.02 Å². The zero-order valence-corrected chi connectivity index (χ0v) is 27.4. The average Bonchev–Trinajstić information content (AvgIpc) is 2.93. The summed E-state index contributed by atoms with van der Waals surface area (Å²) in [5.41, 5.74) is 3.61. The highest BCUT2D eigenvalue weighted by atomic mass is 35.5. The van der Waals surface area contributed by atoms with Crippen molar-refractivity contribution in [1.82, 2.24) is 10.2 Å². The number of alkyl carbamates (subject to hydrolysis) is 1. The molecule has 44 heavy (non-hydrogen) atoms. The van der Waals surface area contributed by atoms with E-state index < -0.39 is 35.6 Å². The van der Waals surface area contributed by atoms with Gasteiger partial charge in [-0.1, -0.05) is 67.4 Å². The van der Waals surface area contributed by atoms with Gasteiger partial charge in [0.05, 0.1) is 10.7 Å². The number of phenolic OH excluding ortho intramolecular Hbond substituents is 1. The van der Waals surface area contributed by atoms with E-state index in [4.69, 9.17) is 16.3 Å². The number of amides is 3. The molecule has 0 aliphatic heterocycles. The number of unbranched alkanes of at least 4 members (excludes halogenated alkanes) is 1. The Labute approximate surface area is 265 Å². The van der Waals surface area contributed by atoms with Crippen LogP contribution in [0.5, 0.6) is 5.75 Å². The molecule has 3 rings (SSSR count). The monoisotopic (exact) mass is 621 g/mol. The van der Waals surface area contributed by atoms with Crippen LogP contribution in [-0.2, 0) is 20.7 Å². The molecule has 2 atom stereocenters. The van der Waals surface area contributed by atoms with Crippen molar-refractivity contribution in [2.45, 2.75) is 85.4 Å². The van der Waals surface area contributed by atoms with Crippen LogP contribution in [0.3, 0.4) is 0 Å². The van der Waals surface area contributed by atoms with Crippen molar-refractivity contribution in [3.05, 3.63) is 93.5 Å². The van der Waals surface area contributed by atoms with Crippen molar-refractivity contribution in [3.63, 3.8) is 0 Å². The lowest BCUT2D eigenvalue weighted by molar-refractivity contribution is -0.140. The Hall–Kier alpha value is -4.04. The average molecular weight is 622 g/mol. The first-order chi connectivity index (χ1) is 20.7. The summed E-state index contributed by atoms with van der Waals surface area (Å²) in [7, 11) is 0. The summed E-state index contributed by atoms with van der Waals surface area (Å²) in [6.07, 6.45) is 0.775. The smallest absolute Gasteiger partial charge is 0.408 e. The predicted molar refractivity (Wildman–Crippen MR) is 175 cm³/mol. The minimum atomic E-state index is -1.06. The van der Waals surface area contributed by atoms with E-state index in [2.05, 4.69) is 10.6 Å². The van der Waals surface area contributed by atoms with Gasteiger partial charge in [0.25, 0.3) is 5.91 Å². The van der Waals surface area contributed by atoms with E-state index in [9.17, 15) is 19.5 Å². The minimum absolute atomic E-state index is 0.0860. The molecule has 9 heteroatoms. The van der Waals surface area contributed by atoms with Crippen molar-refractivity contribution < 1.29 is 24.2 Å². The summed E-state index contributed by atoms with van der Waals surface area (Å²) in [6, 6.07) is 15.5. The SMILES string of the molecule is CCCCN(C(=O)C(Cc1ccc(O)cc1)NC(=O)OC(C)(C)C)C(C(=O)Nc1c(C)cccc1Cl)c1c(C)cccc1C. The second-order valence-electron chi connectivity index (χ2n) is 12.1. The number of rotatable bonds is 11. The molecule has 3 N–H and O–H groups in total. The summed E-state index contributed by atoms with van der Waals surface area (Å²) >= 11 is 6.50. The summed E-state index contributed by atoms with van der Waals surface area (Å²) in [6.45, 7) is 13.2. The fourth-order valence-electron chi connectivity index (χ4n) is 5.08. The third-order valence-corrected chi connectivity index (χ3v) is 7.56. The molecule has 0 saturated heterocycles. The van der Waals surface area contributed by atoms with Gasteiger partial charge >= 0.3 is 6.09 Å². The first kappa shape index (κ1) is 34.5. The molecular formula is C35H44ClN3O5. The zero-order chi connectivity index (χ0) is 32.6. The van der Waals surface area contributed by atoms with E-state index in [-0.39, 0.29) is 18.7 Å². The highest BCUT2D eigenvalue weighted by Crippen LogP contribution is 2.32. The number of halogens is 1. The molecule has 0 radical (unpaired) electrons. The predicted octanol–water partition coefficient (Wildman–Crippen LogP) is 7.42. The molecule has 0 aliphatic rings. The molecule has 2 unspecified atom stereocenters. The fourth-order valence-corrected chi connectivity index (χ4v) is 5.35. The molecule has 0 spiro atoms. The normalized spacial score (nSPS) is 12.6. The van der Waals surface area contributed by atoms with Crippen LogP contribution in [-0.4, -0.2) is 46.1 Å². The Balaban J connectivity index is 2.14. The van der Waals surface area contributed by atoms with Crippen LogP contribution in [0.4, 0.5) is 10.5 Å². The van der Waals surface area contributed by atoms with Gasteiger partial charge in [-0.25, -0.2) is 4.79 Å². The molecule has 236 valence electrons. The Morgan fingerprint density at radius 1 is 0.932 bits per heavy atom. The Kier molecular flexibility index (Phi) is 11.8. The van der Waals surface area contributed by atoms with E-state index >= 15 is 0 Å². The first-order valence-corrected chi connectivity index (χ1v) is 15.3. The number of ether oxygens (including phenoxy) is 1. The number of para-hydroxylation sites is 1. The van der Waals surface area contributed by atoms with Gasteiger partial charge in [-0.15, -0.1) is 0 Å². The number of hydrogen-bond donors (Lipinski definition) is 3. The lowest BCUT2D eigenvalue weighted by atomic mass is 9.92. The van der Waals surface area contributed by atoms with Gasteiger partial charge in [0.15, 0.2) is 0 Å². The summed E-state index contributed by atoms with van der Waals surface area (Å²) in [5.74, 6) is -0.761. The number of phenols is 1. The zero-order valence-electron chi connectivity index (χ0n) is 26.7. The summed E-state index contributed by atoms with van der Waals surface area (Å²) < 4.78 is 5.52. The number of aromatic hydroxyl groups is 1. The number of anilines is 1. The Morgan fingerprint density at radius 3 is 2.09 bits per heavy atom. The molecule has 0 saturated carbocycles. The highest BCUT2D eigenvalue weighted by Gasteiger charge is 2.38. The number of hydrogen-bond acceptors (Lipinski definition) is 5. The van der Waals surface area contributed by atoms with Gasteiger partial charge < -0.3 is 25.4 Å². The number of nitrogens with one attached hydrogen (secondary N) is 2. The number of nitrogens with zero attached hydrogens (tertiary/aromatic N) is 1. The fraction of sp³-hybridized carbons (Fsp3) is 0.400. The van der Waals surface area contributed by atoms with Gasteiger partial charge in [0, 0.05) is 13.0 Å². The number of carbonyl (C=O) groups is 3. The summed E-state index contributed by atoms with van der Waals surface area (Å²) in [4.78, 5) is 43.6. The van der Waals surface area contributed by atoms with Gasteiger partial charge in [-0.05, 0) is 94.0 Å². The summed E-state index contributed by atoms with van der Waals surface area (Å²) in [5, 5.41) is 16.0. The molecule has 0 aliphatic carbocycles. The van der Waals surface area contributed by atoms with Crippen LogP contribution in [0.25, 0.3) is 0 Å².